The van der Waals surface area contributed by atoms with Crippen molar-refractivity contribution in [3.05, 3.63) is 53.7 Å². The average molecular weight is 303 g/mol. The van der Waals surface area contributed by atoms with Crippen LogP contribution in [0.25, 0.3) is 0 Å². The van der Waals surface area contributed by atoms with Crippen LogP contribution in [0.2, 0.25) is 0 Å². The topological polar surface area (TPSA) is 61.5 Å². The minimum Gasteiger partial charge on any atom is -0.464 e. The molecule has 6 heteroatoms. The zero-order valence-electron chi connectivity index (χ0n) is 11.7. The summed E-state index contributed by atoms with van der Waals surface area (Å²) in [5, 5.41) is 13.2. The molecule has 0 bridgehead atoms. The van der Waals surface area contributed by atoms with Gasteiger partial charge in [-0.05, 0) is 43.4 Å². The second kappa shape index (κ2) is 5.83. The Morgan fingerprint density at radius 2 is 2.24 bits per heavy atom. The van der Waals surface area contributed by atoms with Crippen LogP contribution < -0.4 is 5.32 Å². The second-order valence-corrected chi connectivity index (χ2v) is 5.38. The van der Waals surface area contributed by atoms with Gasteiger partial charge >= 0.3 is 0 Å². The van der Waals surface area contributed by atoms with Gasteiger partial charge < -0.3 is 19.7 Å². The van der Waals surface area contributed by atoms with Gasteiger partial charge in [0.05, 0.1) is 18.3 Å². The fourth-order valence-corrected chi connectivity index (χ4v) is 3.01. The van der Waals surface area contributed by atoms with Crippen LogP contribution in [0.5, 0.6) is 0 Å². The molecular formula is C15H17N3O2S. The number of aromatic nitrogens is 1. The van der Waals surface area contributed by atoms with Crippen LogP contribution in [0.15, 0.2) is 40.9 Å². The van der Waals surface area contributed by atoms with E-state index in [0.29, 0.717) is 11.7 Å². The molecule has 1 aliphatic heterocycles. The zero-order chi connectivity index (χ0) is 14.8. The number of furan rings is 1. The molecule has 5 nitrogen and oxygen atoms in total. The Morgan fingerprint density at radius 3 is 2.86 bits per heavy atom. The molecule has 0 amide bonds. The molecule has 2 N–H and O–H groups in total. The van der Waals surface area contributed by atoms with Crippen LogP contribution in [0, 0.1) is 6.92 Å². The van der Waals surface area contributed by atoms with Crippen LogP contribution in [-0.2, 0) is 0 Å². The number of pyridine rings is 1. The van der Waals surface area contributed by atoms with Gasteiger partial charge in [0.2, 0.25) is 0 Å². The van der Waals surface area contributed by atoms with Gasteiger partial charge in [-0.1, -0.05) is 6.07 Å². The first-order valence-electron chi connectivity index (χ1n) is 6.86. The number of aliphatic hydroxyl groups excluding tert-OH is 1. The van der Waals surface area contributed by atoms with Gasteiger partial charge in [-0.25, -0.2) is 0 Å². The number of hydrogen-bond acceptors (Lipinski definition) is 4. The second-order valence-electron chi connectivity index (χ2n) is 4.99. The summed E-state index contributed by atoms with van der Waals surface area (Å²) in [5.41, 5.74) is 0.902. The summed E-state index contributed by atoms with van der Waals surface area (Å²) >= 11 is 5.40. The van der Waals surface area contributed by atoms with Crippen molar-refractivity contribution in [1.82, 2.24) is 15.2 Å². The molecule has 1 saturated heterocycles. The maximum atomic E-state index is 9.30. The van der Waals surface area contributed by atoms with Crippen LogP contribution in [0.4, 0.5) is 0 Å². The zero-order valence-corrected chi connectivity index (χ0v) is 12.5. The number of rotatable bonds is 4. The van der Waals surface area contributed by atoms with E-state index < -0.39 is 0 Å². The highest BCUT2D eigenvalue weighted by atomic mass is 32.1. The number of aryl methyl sites for hydroxylation is 1. The fraction of sp³-hybridized carbons (Fsp3) is 0.333. The molecule has 2 unspecified atom stereocenters. The van der Waals surface area contributed by atoms with Crippen molar-refractivity contribution in [2.24, 2.45) is 0 Å². The minimum atomic E-state index is -0.103. The Hall–Kier alpha value is -1.92. The van der Waals surface area contributed by atoms with Gasteiger partial charge in [0, 0.05) is 12.7 Å². The molecule has 1 fully saturated rings. The van der Waals surface area contributed by atoms with Gasteiger partial charge in [0.1, 0.15) is 17.6 Å². The molecule has 21 heavy (non-hydrogen) atoms. The summed E-state index contributed by atoms with van der Waals surface area (Å²) in [5.74, 6) is 1.68. The molecule has 2 aromatic heterocycles. The maximum Gasteiger partial charge on any atom is 0.170 e. The van der Waals surface area contributed by atoms with E-state index >= 15 is 0 Å². The first-order chi connectivity index (χ1) is 10.2. The van der Waals surface area contributed by atoms with Crippen molar-refractivity contribution in [1.29, 1.82) is 0 Å². The molecule has 3 rings (SSSR count). The number of thiocarbonyl (C=S) groups is 1. The Balaban J connectivity index is 2.00. The SMILES string of the molecule is Cc1ccc(C2C(c3ccccn3)NC(=S)N2CCO)o1. The van der Waals surface area contributed by atoms with Crippen molar-refractivity contribution in [3.8, 4) is 0 Å². The van der Waals surface area contributed by atoms with Crippen LogP contribution in [0.3, 0.4) is 0 Å². The van der Waals surface area contributed by atoms with E-state index in [4.69, 9.17) is 16.6 Å². The largest absolute Gasteiger partial charge is 0.464 e. The molecule has 2 atom stereocenters. The van der Waals surface area contributed by atoms with E-state index in [2.05, 4.69) is 10.3 Å². The first kappa shape index (κ1) is 14.0. The van der Waals surface area contributed by atoms with E-state index in [1.807, 2.05) is 42.2 Å². The number of nitrogens with one attached hydrogen (secondary N) is 1. The lowest BCUT2D eigenvalue weighted by Crippen LogP contribution is -2.32. The summed E-state index contributed by atoms with van der Waals surface area (Å²) in [6, 6.07) is 9.50. The number of hydrogen-bond donors (Lipinski definition) is 2. The lowest BCUT2D eigenvalue weighted by Gasteiger charge is -2.25. The van der Waals surface area contributed by atoms with E-state index in [9.17, 15) is 5.11 Å². The third kappa shape index (κ3) is 2.64. The smallest absolute Gasteiger partial charge is 0.170 e. The Labute approximate surface area is 128 Å². The molecule has 110 valence electrons. The van der Waals surface area contributed by atoms with Crippen molar-refractivity contribution in [2.45, 2.75) is 19.0 Å². The van der Waals surface area contributed by atoms with Gasteiger partial charge in [-0.2, -0.15) is 0 Å². The maximum absolute atomic E-state index is 9.30. The molecule has 0 radical (unpaired) electrons. The summed E-state index contributed by atoms with van der Waals surface area (Å²) in [6.07, 6.45) is 1.76. The highest BCUT2D eigenvalue weighted by Crippen LogP contribution is 2.38. The Bertz CT molecular complexity index is 629. The predicted molar refractivity (Wildman–Crippen MR) is 82.7 cm³/mol. The molecule has 0 saturated carbocycles. The van der Waals surface area contributed by atoms with Gasteiger partial charge in [0.15, 0.2) is 5.11 Å². The normalized spacial score (nSPS) is 21.6. The standard InChI is InChI=1S/C15H17N3O2S/c1-10-5-6-12(20-10)14-13(11-4-2-3-7-16-11)17-15(21)18(14)8-9-19/h2-7,13-14,19H,8-9H2,1H3,(H,17,21). The third-order valence-corrected chi connectivity index (χ3v) is 3.94. The third-order valence-electron chi connectivity index (χ3n) is 3.59. The van der Waals surface area contributed by atoms with Crippen LogP contribution in [-0.4, -0.2) is 33.3 Å². The quantitative estimate of drug-likeness (QED) is 0.842. The van der Waals surface area contributed by atoms with Crippen molar-refractivity contribution < 1.29 is 9.52 Å². The van der Waals surface area contributed by atoms with E-state index in [1.165, 1.54) is 0 Å². The average Bonchev–Trinajstić information content (AvgIpc) is 3.05. The van der Waals surface area contributed by atoms with Gasteiger partial charge in [0.25, 0.3) is 0 Å². The van der Waals surface area contributed by atoms with Crippen LogP contribution in [0.1, 0.15) is 29.3 Å². The molecule has 3 heterocycles. The summed E-state index contributed by atoms with van der Waals surface area (Å²) in [7, 11) is 0. The molecule has 0 spiro atoms. The summed E-state index contributed by atoms with van der Waals surface area (Å²) in [6.45, 7) is 2.41. The van der Waals surface area contributed by atoms with Crippen molar-refractivity contribution in [2.75, 3.05) is 13.2 Å². The monoisotopic (exact) mass is 303 g/mol. The summed E-state index contributed by atoms with van der Waals surface area (Å²) in [4.78, 5) is 6.37. The minimum absolute atomic E-state index is 0.0347. The molecule has 0 aromatic carbocycles. The Morgan fingerprint density at radius 1 is 1.38 bits per heavy atom. The van der Waals surface area contributed by atoms with Crippen molar-refractivity contribution >= 4 is 17.3 Å². The Kier molecular flexibility index (Phi) is 3.90. The number of nitrogens with zero attached hydrogens (tertiary/aromatic N) is 2. The van der Waals surface area contributed by atoms with E-state index in [1.54, 1.807) is 6.20 Å². The number of aliphatic hydroxyl groups is 1. The van der Waals surface area contributed by atoms with Crippen molar-refractivity contribution in [3.63, 3.8) is 0 Å². The van der Waals surface area contributed by atoms with Gasteiger partial charge in [-0.15, -0.1) is 0 Å². The lowest BCUT2D eigenvalue weighted by atomic mass is 10.0. The molecule has 2 aromatic rings. The molecule has 0 aliphatic carbocycles. The van der Waals surface area contributed by atoms with E-state index in [0.717, 1.165) is 17.2 Å². The lowest BCUT2D eigenvalue weighted by molar-refractivity contribution is 0.207. The number of β-amino-alcohol motifs (C(OH)–C–C–N with tert-alkyl or cyclic N) is 1. The fourth-order valence-electron chi connectivity index (χ4n) is 2.68. The molecule has 1 aliphatic rings. The highest BCUT2D eigenvalue weighted by Gasteiger charge is 2.41. The van der Waals surface area contributed by atoms with Gasteiger partial charge in [-0.3, -0.25) is 4.98 Å². The predicted octanol–water partition coefficient (Wildman–Crippen LogP) is 1.95. The summed E-state index contributed by atoms with van der Waals surface area (Å²) < 4.78 is 5.79. The highest BCUT2D eigenvalue weighted by molar-refractivity contribution is 7.80. The van der Waals surface area contributed by atoms with E-state index in [-0.39, 0.29) is 18.7 Å². The van der Waals surface area contributed by atoms with Crippen LogP contribution >= 0.6 is 12.2 Å². The molecular weight excluding hydrogens is 286 g/mol. The first-order valence-corrected chi connectivity index (χ1v) is 7.27.